The number of anilines is 2. The first-order valence-corrected chi connectivity index (χ1v) is 9.62. The van der Waals surface area contributed by atoms with Crippen LogP contribution in [0, 0.1) is 0 Å². The molecule has 1 N–H and O–H groups in total. The second kappa shape index (κ2) is 7.52. The summed E-state index contributed by atoms with van der Waals surface area (Å²) in [6, 6.07) is 10.2. The molecule has 0 spiro atoms. The van der Waals surface area contributed by atoms with Crippen molar-refractivity contribution in [1.82, 2.24) is 4.31 Å². The third-order valence-corrected chi connectivity index (χ3v) is 6.75. The van der Waals surface area contributed by atoms with Gasteiger partial charge in [-0.25, -0.2) is 8.42 Å². The van der Waals surface area contributed by atoms with Crippen LogP contribution < -0.4 is 10.2 Å². The predicted octanol–water partition coefficient (Wildman–Crippen LogP) is 2.73. The van der Waals surface area contributed by atoms with Gasteiger partial charge in [0.15, 0.2) is 0 Å². The van der Waals surface area contributed by atoms with Gasteiger partial charge in [0.1, 0.15) is 4.21 Å². The molecule has 1 aromatic heterocycles. The molecule has 0 aliphatic carbocycles. The number of benzene rings is 1. The Morgan fingerprint density at radius 3 is 2.25 bits per heavy atom. The topological polar surface area (TPSA) is 69.7 Å². The van der Waals surface area contributed by atoms with E-state index in [1.807, 2.05) is 31.1 Å². The number of halogens is 1. The second-order valence-corrected chi connectivity index (χ2v) is 9.30. The van der Waals surface area contributed by atoms with E-state index in [1.54, 1.807) is 12.1 Å². The number of rotatable bonds is 6. The number of nitrogens with one attached hydrogen (secondary N) is 1. The summed E-state index contributed by atoms with van der Waals surface area (Å²) >= 11 is 6.73. The lowest BCUT2D eigenvalue weighted by atomic mass is 10.2. The van der Waals surface area contributed by atoms with Crippen LogP contribution in [0.4, 0.5) is 11.4 Å². The van der Waals surface area contributed by atoms with Crippen LogP contribution in [0.1, 0.15) is 0 Å². The molecule has 0 aliphatic rings. The molecule has 0 bridgehead atoms. The number of likely N-dealkylation sites (N-methyl/N-ethyl adjacent to an activating group) is 1. The Labute approximate surface area is 150 Å². The molecule has 0 saturated carbocycles. The van der Waals surface area contributed by atoms with Crippen LogP contribution in [0.2, 0.25) is 4.34 Å². The lowest BCUT2D eigenvalue weighted by molar-refractivity contribution is -0.116. The number of hydrogen-bond donors (Lipinski definition) is 1. The van der Waals surface area contributed by atoms with Crippen LogP contribution in [0.25, 0.3) is 0 Å². The van der Waals surface area contributed by atoms with Crippen LogP contribution in [-0.2, 0) is 14.8 Å². The fraction of sp³-hybridized carbons (Fsp3) is 0.267. The molecule has 0 unspecified atom stereocenters. The Hall–Kier alpha value is -1.61. The molecule has 0 saturated heterocycles. The highest BCUT2D eigenvalue weighted by Crippen LogP contribution is 2.27. The van der Waals surface area contributed by atoms with Gasteiger partial charge in [0, 0.05) is 32.5 Å². The van der Waals surface area contributed by atoms with Gasteiger partial charge in [0.05, 0.1) is 10.9 Å². The zero-order chi connectivity index (χ0) is 17.9. The third kappa shape index (κ3) is 4.47. The van der Waals surface area contributed by atoms with E-state index in [-0.39, 0.29) is 10.8 Å². The number of nitrogens with zero attached hydrogens (tertiary/aromatic N) is 2. The normalized spacial score (nSPS) is 11.5. The molecule has 0 atom stereocenters. The van der Waals surface area contributed by atoms with Gasteiger partial charge in [0.25, 0.3) is 10.0 Å². The Morgan fingerprint density at radius 1 is 1.12 bits per heavy atom. The number of amides is 1. The van der Waals surface area contributed by atoms with Crippen LogP contribution in [0.5, 0.6) is 0 Å². The molecular formula is C15H18ClN3O3S2. The SMILES string of the molecule is CN(C)c1ccc(NC(=O)CN(C)S(=O)(=O)c2ccc(Cl)s2)cc1. The zero-order valence-corrected chi connectivity index (χ0v) is 15.9. The monoisotopic (exact) mass is 387 g/mol. The molecule has 0 radical (unpaired) electrons. The summed E-state index contributed by atoms with van der Waals surface area (Å²) in [7, 11) is 1.48. The van der Waals surface area contributed by atoms with Crippen LogP contribution in [-0.4, -0.2) is 46.3 Å². The van der Waals surface area contributed by atoms with Crippen molar-refractivity contribution in [2.75, 3.05) is 37.9 Å². The number of carbonyl (C=O) groups excluding carboxylic acids is 1. The third-order valence-electron chi connectivity index (χ3n) is 3.25. The van der Waals surface area contributed by atoms with Gasteiger partial charge in [-0.05, 0) is 36.4 Å². The maximum absolute atomic E-state index is 12.3. The lowest BCUT2D eigenvalue weighted by Gasteiger charge is -2.16. The van der Waals surface area contributed by atoms with Gasteiger partial charge in [-0.1, -0.05) is 11.6 Å². The smallest absolute Gasteiger partial charge is 0.252 e. The van der Waals surface area contributed by atoms with E-state index in [4.69, 9.17) is 11.6 Å². The summed E-state index contributed by atoms with van der Waals surface area (Å²) in [6.45, 7) is -0.284. The molecular weight excluding hydrogens is 370 g/mol. The fourth-order valence-corrected chi connectivity index (χ4v) is 4.74. The van der Waals surface area contributed by atoms with Crippen molar-refractivity contribution in [2.24, 2.45) is 0 Å². The van der Waals surface area contributed by atoms with E-state index in [1.165, 1.54) is 19.2 Å². The number of sulfonamides is 1. The van der Waals surface area contributed by atoms with Gasteiger partial charge in [-0.15, -0.1) is 11.3 Å². The highest BCUT2D eigenvalue weighted by molar-refractivity contribution is 7.91. The molecule has 0 aliphatic heterocycles. The van der Waals surface area contributed by atoms with E-state index < -0.39 is 15.9 Å². The van der Waals surface area contributed by atoms with Crippen molar-refractivity contribution in [2.45, 2.75) is 4.21 Å². The Morgan fingerprint density at radius 2 is 1.75 bits per heavy atom. The highest BCUT2D eigenvalue weighted by atomic mass is 35.5. The molecule has 2 rings (SSSR count). The minimum atomic E-state index is -3.72. The summed E-state index contributed by atoms with van der Waals surface area (Å²) in [4.78, 5) is 14.0. The minimum Gasteiger partial charge on any atom is -0.378 e. The predicted molar refractivity (Wildman–Crippen MR) is 98.5 cm³/mol. The van der Waals surface area contributed by atoms with Crippen molar-refractivity contribution in [3.05, 3.63) is 40.7 Å². The van der Waals surface area contributed by atoms with Gasteiger partial charge in [-0.3, -0.25) is 4.79 Å². The summed E-state index contributed by atoms with van der Waals surface area (Å²) < 4.78 is 26.2. The molecule has 1 heterocycles. The summed E-state index contributed by atoms with van der Waals surface area (Å²) in [5.74, 6) is -0.415. The van der Waals surface area contributed by atoms with Crippen molar-refractivity contribution >= 4 is 50.2 Å². The van der Waals surface area contributed by atoms with E-state index in [2.05, 4.69) is 5.32 Å². The first kappa shape index (κ1) is 18.7. The number of thiophene rings is 1. The van der Waals surface area contributed by atoms with Gasteiger partial charge < -0.3 is 10.2 Å². The number of carbonyl (C=O) groups is 1. The van der Waals surface area contributed by atoms with Crippen molar-refractivity contribution in [1.29, 1.82) is 0 Å². The van der Waals surface area contributed by atoms with Gasteiger partial charge >= 0.3 is 0 Å². The first-order chi connectivity index (χ1) is 11.2. The summed E-state index contributed by atoms with van der Waals surface area (Å²) in [5.41, 5.74) is 1.61. The fourth-order valence-electron chi connectivity index (χ4n) is 1.92. The summed E-state index contributed by atoms with van der Waals surface area (Å²) in [5, 5.41) is 2.68. The highest BCUT2D eigenvalue weighted by Gasteiger charge is 2.24. The largest absolute Gasteiger partial charge is 0.378 e. The number of hydrogen-bond acceptors (Lipinski definition) is 5. The Bertz CT molecular complexity index is 817. The maximum Gasteiger partial charge on any atom is 0.252 e. The van der Waals surface area contributed by atoms with E-state index >= 15 is 0 Å². The van der Waals surface area contributed by atoms with Crippen LogP contribution >= 0.6 is 22.9 Å². The molecule has 24 heavy (non-hydrogen) atoms. The Balaban J connectivity index is 2.01. The molecule has 1 amide bonds. The second-order valence-electron chi connectivity index (χ2n) is 5.31. The molecule has 130 valence electrons. The molecule has 1 aromatic carbocycles. The average Bonchev–Trinajstić information content (AvgIpc) is 2.95. The molecule has 9 heteroatoms. The van der Waals surface area contributed by atoms with Gasteiger partial charge in [-0.2, -0.15) is 4.31 Å². The maximum atomic E-state index is 12.3. The average molecular weight is 388 g/mol. The lowest BCUT2D eigenvalue weighted by Crippen LogP contribution is -2.34. The van der Waals surface area contributed by atoms with Crippen molar-refractivity contribution in [3.63, 3.8) is 0 Å². The Kier molecular flexibility index (Phi) is 5.87. The van der Waals surface area contributed by atoms with Crippen LogP contribution in [0.3, 0.4) is 0 Å². The molecule has 6 nitrogen and oxygen atoms in total. The van der Waals surface area contributed by atoms with Crippen molar-refractivity contribution < 1.29 is 13.2 Å². The quantitative estimate of drug-likeness (QED) is 0.827. The minimum absolute atomic E-state index is 0.109. The van der Waals surface area contributed by atoms with Gasteiger partial charge in [0.2, 0.25) is 5.91 Å². The molecule has 0 fully saturated rings. The van der Waals surface area contributed by atoms with Crippen molar-refractivity contribution in [3.8, 4) is 0 Å². The van der Waals surface area contributed by atoms with Crippen LogP contribution in [0.15, 0.2) is 40.6 Å². The molecule has 2 aromatic rings. The zero-order valence-electron chi connectivity index (χ0n) is 13.5. The standard InChI is InChI=1S/C15H18ClN3O3S2/c1-18(2)12-6-4-11(5-7-12)17-14(20)10-19(3)24(21,22)15-9-8-13(16)23-15/h4-9H,10H2,1-3H3,(H,17,20). The summed E-state index contributed by atoms with van der Waals surface area (Å²) in [6.07, 6.45) is 0. The first-order valence-electron chi connectivity index (χ1n) is 6.99. The van der Waals surface area contributed by atoms with E-state index in [9.17, 15) is 13.2 Å². The van der Waals surface area contributed by atoms with E-state index in [0.717, 1.165) is 21.3 Å². The van der Waals surface area contributed by atoms with E-state index in [0.29, 0.717) is 10.0 Å².